The van der Waals surface area contributed by atoms with Gasteiger partial charge in [0.2, 0.25) is 0 Å². The van der Waals surface area contributed by atoms with E-state index in [0.29, 0.717) is 34.9 Å². The van der Waals surface area contributed by atoms with E-state index in [1.165, 1.54) is 123 Å². The number of benzene rings is 1. The first-order valence-corrected chi connectivity index (χ1v) is 19.4. The van der Waals surface area contributed by atoms with Crippen molar-refractivity contribution >= 4 is 40.0 Å². The molecule has 1 unspecified atom stereocenters. The summed E-state index contributed by atoms with van der Waals surface area (Å²) < 4.78 is 2.86. The molecule has 1 aromatic carbocycles. The maximum atomic E-state index is 5.19. The zero-order valence-electron chi connectivity index (χ0n) is 24.4. The molecule has 39 heavy (non-hydrogen) atoms. The van der Waals surface area contributed by atoms with E-state index in [1.807, 2.05) is 0 Å². The molecule has 0 amide bonds. The van der Waals surface area contributed by atoms with E-state index in [2.05, 4.69) is 64.9 Å². The van der Waals surface area contributed by atoms with Crippen molar-refractivity contribution in [1.82, 2.24) is 15.0 Å². The van der Waals surface area contributed by atoms with Gasteiger partial charge < -0.3 is 0 Å². The number of hydrogen-bond acceptors (Lipinski definition) is 2. The first-order chi connectivity index (χ1) is 19.3. The number of fused-ring (bicyclic) bond motifs is 1. The second kappa shape index (κ2) is 17.4. The Morgan fingerprint density at radius 3 is 1.44 bits per heavy atom. The molecule has 0 aliphatic carbocycles. The van der Waals surface area contributed by atoms with Gasteiger partial charge in [-0.15, -0.1) is 0 Å². The number of rotatable bonds is 20. The van der Waals surface area contributed by atoms with Gasteiger partial charge in [-0.05, 0) is 0 Å². The van der Waals surface area contributed by atoms with Gasteiger partial charge in [-0.2, -0.15) is 0 Å². The Morgan fingerprint density at radius 2 is 1.03 bits per heavy atom. The Morgan fingerprint density at radius 1 is 0.590 bits per heavy atom. The maximum absolute atomic E-state index is 5.19. The third-order valence-corrected chi connectivity index (χ3v) is 11.8. The Bertz CT molecular complexity index is 1110. The van der Waals surface area contributed by atoms with Crippen molar-refractivity contribution in [3.8, 4) is 20.0 Å². The molecule has 3 aromatic heterocycles. The van der Waals surface area contributed by atoms with E-state index in [4.69, 9.17) is 10.2 Å². The van der Waals surface area contributed by atoms with Crippen LogP contribution in [0.5, 0.6) is 0 Å². The topological polar surface area (TPSA) is 30.7 Å². The van der Waals surface area contributed by atoms with Gasteiger partial charge in [-0.3, -0.25) is 0 Å². The second-order valence-corrected chi connectivity index (χ2v) is 15.2. The molecule has 0 saturated heterocycles. The Balaban J connectivity index is 1.45. The van der Waals surface area contributed by atoms with Crippen LogP contribution >= 0.6 is 0 Å². The van der Waals surface area contributed by atoms with Crippen LogP contribution in [0.1, 0.15) is 117 Å². The zero-order chi connectivity index (χ0) is 27.1. The second-order valence-electron chi connectivity index (χ2n) is 11.3. The van der Waals surface area contributed by atoms with Crippen LogP contribution in [0.4, 0.5) is 0 Å². The van der Waals surface area contributed by atoms with Crippen molar-refractivity contribution in [2.75, 3.05) is 0 Å². The van der Waals surface area contributed by atoms with E-state index in [0.717, 1.165) is 17.6 Å². The summed E-state index contributed by atoms with van der Waals surface area (Å²) in [6, 6.07) is 13.6. The molecule has 4 rings (SSSR count). The fourth-order valence-corrected chi connectivity index (χ4v) is 8.87. The molecule has 4 aromatic rings. The molecule has 212 valence electrons. The molecule has 0 bridgehead atoms. The van der Waals surface area contributed by atoms with Gasteiger partial charge in [0.05, 0.1) is 0 Å². The van der Waals surface area contributed by atoms with Crippen LogP contribution in [0.3, 0.4) is 0 Å². The average molecular weight is 658 g/mol. The van der Waals surface area contributed by atoms with Crippen LogP contribution in [-0.2, 0) is 6.54 Å². The van der Waals surface area contributed by atoms with Gasteiger partial charge >= 0.3 is 198 Å². The summed E-state index contributed by atoms with van der Waals surface area (Å²) in [6.07, 6.45) is 22.0. The van der Waals surface area contributed by atoms with E-state index in [1.54, 1.807) is 0 Å². The molecule has 0 aliphatic heterocycles. The van der Waals surface area contributed by atoms with Crippen LogP contribution in [0.25, 0.3) is 31.0 Å². The van der Waals surface area contributed by atoms with Crippen molar-refractivity contribution < 1.29 is 0 Å². The van der Waals surface area contributed by atoms with Gasteiger partial charge in [0.15, 0.2) is 0 Å². The molecule has 0 saturated carbocycles. The molecule has 1 atom stereocenters. The predicted molar refractivity (Wildman–Crippen MR) is 171 cm³/mol. The van der Waals surface area contributed by atoms with Crippen LogP contribution in [0.15, 0.2) is 46.3 Å². The third-order valence-electron chi connectivity index (χ3n) is 8.01. The first kappa shape index (κ1) is 30.6. The van der Waals surface area contributed by atoms with Gasteiger partial charge in [-0.1, -0.05) is 52.4 Å². The molecule has 0 fully saturated rings. The van der Waals surface area contributed by atoms with E-state index in [9.17, 15) is 0 Å². The predicted octanol–water partition coefficient (Wildman–Crippen LogP) is 9.78. The summed E-state index contributed by atoms with van der Waals surface area (Å²) in [5.41, 5.74) is 4.80. The monoisotopic (exact) mass is 659 g/mol. The number of aromatic nitrogens is 3. The molecule has 0 N–H and O–H groups in total. The molecule has 3 nitrogen and oxygen atoms in total. The molecule has 5 heteroatoms. The van der Waals surface area contributed by atoms with Gasteiger partial charge in [0, 0.05) is 0 Å². The fourth-order valence-electron chi connectivity index (χ4n) is 5.72. The summed E-state index contributed by atoms with van der Waals surface area (Å²) in [5.74, 6) is 0.679. The summed E-state index contributed by atoms with van der Waals surface area (Å²) in [4.78, 5) is 6.69. The third kappa shape index (κ3) is 9.60. The van der Waals surface area contributed by atoms with Crippen molar-refractivity contribution in [3.63, 3.8) is 0 Å². The molecule has 0 aliphatic rings. The number of nitrogens with zero attached hydrogens (tertiary/aromatic N) is 3. The van der Waals surface area contributed by atoms with Gasteiger partial charge in [0.25, 0.3) is 0 Å². The Hall–Kier alpha value is -1.38. The normalized spacial score (nSPS) is 12.5. The van der Waals surface area contributed by atoms with Gasteiger partial charge in [-0.25, -0.2) is 0 Å². The van der Waals surface area contributed by atoms with E-state index >= 15 is 0 Å². The SMILES string of the molecule is CCCCCCCCCCC(CCCCCCCC)Cn1nc2c(-c3ccc[se]3)ccc(-c3ccc[se]3)c2n1. The average Bonchev–Trinajstić information content (AvgIpc) is 3.73. The molecule has 0 spiro atoms. The summed E-state index contributed by atoms with van der Waals surface area (Å²) >= 11 is 0.792. The van der Waals surface area contributed by atoms with E-state index in [-0.39, 0.29) is 0 Å². The quantitative estimate of drug-likeness (QED) is 0.0700. The first-order valence-electron chi connectivity index (χ1n) is 15.8. The van der Waals surface area contributed by atoms with E-state index < -0.39 is 0 Å². The fraction of sp³-hybridized carbons (Fsp3) is 0.588. The van der Waals surface area contributed by atoms with Gasteiger partial charge in [0.1, 0.15) is 0 Å². The number of hydrogen-bond donors (Lipinski definition) is 0. The standard InChI is InChI=1S/C34H49N3Se2/c1-3-5-7-9-11-12-14-16-20-28(19-15-13-10-8-6-4-2)27-37-35-33-29(31-21-17-25-38-31)23-24-30(34(33)36-37)32-22-18-26-39-32/h17-18,21-26,28H,3-16,19-20,27H2,1-2H3. The Labute approximate surface area is 249 Å². The molecular formula is C34H49N3Se2. The minimum absolute atomic E-state index is 0.396. The summed E-state index contributed by atoms with van der Waals surface area (Å²) in [7, 11) is 0. The van der Waals surface area contributed by atoms with Crippen LogP contribution in [0.2, 0.25) is 0 Å². The minimum atomic E-state index is 0.396. The molecular weight excluding hydrogens is 608 g/mol. The van der Waals surface area contributed by atoms with Crippen LogP contribution in [-0.4, -0.2) is 44.0 Å². The Kier molecular flexibility index (Phi) is 13.7. The molecule has 3 heterocycles. The summed E-state index contributed by atoms with van der Waals surface area (Å²) in [5, 5.41) is 10.4. The molecule has 0 radical (unpaired) electrons. The van der Waals surface area contributed by atoms with Crippen LogP contribution in [0, 0.1) is 5.92 Å². The number of unbranched alkanes of at least 4 members (excludes halogenated alkanes) is 12. The van der Waals surface area contributed by atoms with Crippen LogP contribution < -0.4 is 0 Å². The van der Waals surface area contributed by atoms with Crippen molar-refractivity contribution in [2.24, 2.45) is 5.92 Å². The van der Waals surface area contributed by atoms with Crippen molar-refractivity contribution in [1.29, 1.82) is 0 Å². The zero-order valence-corrected chi connectivity index (χ0v) is 27.8. The van der Waals surface area contributed by atoms with Crippen molar-refractivity contribution in [3.05, 3.63) is 46.3 Å². The van der Waals surface area contributed by atoms with Crippen molar-refractivity contribution in [2.45, 2.75) is 123 Å². The summed E-state index contributed by atoms with van der Waals surface area (Å²) in [6.45, 7) is 5.57.